The van der Waals surface area contributed by atoms with Crippen molar-refractivity contribution in [1.82, 2.24) is 4.98 Å². The van der Waals surface area contributed by atoms with Crippen LogP contribution in [0.4, 0.5) is 0 Å². The van der Waals surface area contributed by atoms with Crippen LogP contribution in [0.25, 0.3) is 44.1 Å². The third-order valence-corrected chi connectivity index (χ3v) is 5.32. The first-order valence-corrected chi connectivity index (χ1v) is 8.80. The van der Waals surface area contributed by atoms with E-state index >= 15 is 0 Å². The molecule has 0 saturated carbocycles. The summed E-state index contributed by atoms with van der Waals surface area (Å²) in [5.74, 6) is 0.919. The van der Waals surface area contributed by atoms with Crippen LogP contribution in [0.3, 0.4) is 0 Å². The lowest BCUT2D eigenvalue weighted by molar-refractivity contribution is -0.663. The Bertz CT molecular complexity index is 1310. The average Bonchev–Trinajstić information content (AvgIpc) is 3.02. The predicted octanol–water partition coefficient (Wildman–Crippen LogP) is 5.24. The number of fused-ring (bicyclic) bond motifs is 5. The van der Waals surface area contributed by atoms with Crippen molar-refractivity contribution in [1.29, 1.82) is 0 Å². The van der Waals surface area contributed by atoms with Gasteiger partial charge in [-0.3, -0.25) is 0 Å². The summed E-state index contributed by atoms with van der Waals surface area (Å²) >= 11 is 0. The molecule has 0 atom stereocenters. The molecule has 0 spiro atoms. The largest absolute Gasteiger partial charge is 0.454 e. The smallest absolute Gasteiger partial charge is 0.334 e. The molecule has 0 aliphatic heterocycles. The maximum Gasteiger partial charge on any atom is 0.334 e. The quantitative estimate of drug-likeness (QED) is 0.391. The number of aromatic nitrogens is 2. The van der Waals surface area contributed by atoms with Gasteiger partial charge in [0.15, 0.2) is 5.58 Å². The van der Waals surface area contributed by atoms with Gasteiger partial charge in [0.2, 0.25) is 0 Å². The minimum atomic E-state index is 0.911. The van der Waals surface area contributed by atoms with E-state index in [0.29, 0.717) is 0 Å². The monoisotopic (exact) mass is 339 g/mol. The van der Waals surface area contributed by atoms with Gasteiger partial charge in [0.05, 0.1) is 13.2 Å². The highest BCUT2D eigenvalue weighted by molar-refractivity contribution is 6.17. The zero-order valence-corrected chi connectivity index (χ0v) is 15.1. The third-order valence-electron chi connectivity index (χ3n) is 5.32. The third kappa shape index (κ3) is 2.00. The Balaban J connectivity index is 2.01. The van der Waals surface area contributed by atoms with Gasteiger partial charge in [-0.25, -0.2) is 4.57 Å². The summed E-state index contributed by atoms with van der Waals surface area (Å²) in [5.41, 5.74) is 5.38. The van der Waals surface area contributed by atoms with Gasteiger partial charge >= 0.3 is 5.82 Å². The fourth-order valence-corrected chi connectivity index (χ4v) is 3.82. The summed E-state index contributed by atoms with van der Waals surface area (Å²) in [6.07, 6.45) is 3.86. The summed E-state index contributed by atoms with van der Waals surface area (Å²) in [6.45, 7) is 4.30. The molecule has 0 N–H and O–H groups in total. The second kappa shape index (κ2) is 5.40. The van der Waals surface area contributed by atoms with Crippen LogP contribution < -0.4 is 4.57 Å². The van der Waals surface area contributed by atoms with E-state index in [2.05, 4.69) is 61.3 Å². The lowest BCUT2D eigenvalue weighted by Crippen LogP contribution is -2.31. The van der Waals surface area contributed by atoms with Crippen molar-refractivity contribution in [2.24, 2.45) is 7.05 Å². The van der Waals surface area contributed by atoms with Crippen molar-refractivity contribution >= 4 is 32.7 Å². The van der Waals surface area contributed by atoms with Gasteiger partial charge in [0.25, 0.3) is 0 Å². The van der Waals surface area contributed by atoms with E-state index in [1.54, 1.807) is 0 Å². The molecule has 0 saturated heterocycles. The van der Waals surface area contributed by atoms with E-state index in [-0.39, 0.29) is 0 Å². The van der Waals surface area contributed by atoms with Crippen molar-refractivity contribution in [3.8, 4) is 11.4 Å². The Morgan fingerprint density at radius 1 is 0.885 bits per heavy atom. The molecule has 0 aliphatic rings. The Morgan fingerprint density at radius 2 is 1.73 bits per heavy atom. The number of benzene rings is 3. The minimum Gasteiger partial charge on any atom is -0.454 e. The van der Waals surface area contributed by atoms with E-state index in [0.717, 1.165) is 38.7 Å². The molecule has 26 heavy (non-hydrogen) atoms. The lowest BCUT2D eigenvalue weighted by Gasteiger charge is -2.07. The van der Waals surface area contributed by atoms with Crippen molar-refractivity contribution in [2.45, 2.75) is 13.8 Å². The predicted molar refractivity (Wildman–Crippen MR) is 105 cm³/mol. The molecule has 0 aliphatic carbocycles. The number of nitrogens with zero attached hydrogens (tertiary/aromatic N) is 2. The molecule has 2 heterocycles. The molecule has 3 heteroatoms. The molecule has 0 bridgehead atoms. The van der Waals surface area contributed by atoms with E-state index in [9.17, 15) is 0 Å². The topological polar surface area (TPSA) is 29.9 Å². The number of furan rings is 1. The van der Waals surface area contributed by atoms with Crippen LogP contribution in [0.15, 0.2) is 65.3 Å². The number of aryl methyl sites for hydroxylation is 2. The molecule has 3 aromatic carbocycles. The Kier molecular flexibility index (Phi) is 3.13. The normalized spacial score (nSPS) is 11.7. The van der Waals surface area contributed by atoms with Gasteiger partial charge in [-0.15, -0.1) is 0 Å². The molecule has 5 rings (SSSR count). The fraction of sp³-hybridized carbons (Fsp3) is 0.130. The first-order valence-electron chi connectivity index (χ1n) is 8.80. The zero-order chi connectivity index (χ0) is 17.8. The number of rotatable bonds is 1. The van der Waals surface area contributed by atoms with Crippen LogP contribution in [0, 0.1) is 13.8 Å². The summed E-state index contributed by atoms with van der Waals surface area (Å²) in [6, 6.07) is 16.9. The summed E-state index contributed by atoms with van der Waals surface area (Å²) in [7, 11) is 2.02. The number of hydrogen-bond acceptors (Lipinski definition) is 2. The molecule has 126 valence electrons. The second-order valence-corrected chi connectivity index (χ2v) is 6.89. The van der Waals surface area contributed by atoms with Gasteiger partial charge < -0.3 is 4.42 Å². The maximum absolute atomic E-state index is 6.49. The first-order chi connectivity index (χ1) is 12.6. The zero-order valence-electron chi connectivity index (χ0n) is 15.1. The van der Waals surface area contributed by atoms with Crippen molar-refractivity contribution in [2.75, 3.05) is 0 Å². The van der Waals surface area contributed by atoms with Crippen molar-refractivity contribution in [3.05, 3.63) is 72.1 Å². The van der Waals surface area contributed by atoms with Crippen LogP contribution in [0.5, 0.6) is 0 Å². The van der Waals surface area contributed by atoms with Crippen LogP contribution in [-0.4, -0.2) is 4.98 Å². The first kappa shape index (κ1) is 15.1. The van der Waals surface area contributed by atoms with E-state index < -0.39 is 0 Å². The van der Waals surface area contributed by atoms with Gasteiger partial charge in [0.1, 0.15) is 17.3 Å². The molecule has 2 aromatic heterocycles. The molecule has 0 fully saturated rings. The summed E-state index contributed by atoms with van der Waals surface area (Å²) in [5, 5.41) is 4.64. The van der Waals surface area contributed by atoms with Crippen molar-refractivity contribution in [3.63, 3.8) is 0 Å². The van der Waals surface area contributed by atoms with Crippen LogP contribution >= 0.6 is 0 Å². The van der Waals surface area contributed by atoms with E-state index in [4.69, 9.17) is 4.42 Å². The van der Waals surface area contributed by atoms with Crippen molar-refractivity contribution < 1.29 is 8.98 Å². The molecular weight excluding hydrogens is 320 g/mol. The highest BCUT2D eigenvalue weighted by Gasteiger charge is 2.24. The molecule has 5 aromatic rings. The van der Waals surface area contributed by atoms with Gasteiger partial charge in [-0.2, -0.15) is 0 Å². The van der Waals surface area contributed by atoms with Crippen LogP contribution in [-0.2, 0) is 7.05 Å². The molecular formula is C23H19N2O+. The molecule has 3 nitrogen and oxygen atoms in total. The lowest BCUT2D eigenvalue weighted by atomic mass is 9.97. The highest BCUT2D eigenvalue weighted by Crippen LogP contribution is 2.40. The van der Waals surface area contributed by atoms with E-state index in [1.165, 1.54) is 16.5 Å². The summed E-state index contributed by atoms with van der Waals surface area (Å²) < 4.78 is 8.54. The number of hydrogen-bond donors (Lipinski definition) is 0. The SMILES string of the molecule is Cc1cc2c(oc3c4ccccc4ccc23)c(-c2nccc[n+]2C)c1C. The minimum absolute atomic E-state index is 0.911. The molecule has 0 amide bonds. The van der Waals surface area contributed by atoms with Gasteiger partial charge in [-0.1, -0.05) is 30.3 Å². The Morgan fingerprint density at radius 3 is 2.58 bits per heavy atom. The standard InChI is InChI=1S/C23H19N2O/c1-14-13-19-18-10-9-16-7-4-5-8-17(16)21(18)26-22(19)20(15(14)2)23-24-11-6-12-25(23)3/h4-13H,1-3H3/q+1. The van der Waals surface area contributed by atoms with Gasteiger partial charge in [-0.05, 0) is 47.5 Å². The van der Waals surface area contributed by atoms with Crippen LogP contribution in [0.1, 0.15) is 11.1 Å². The van der Waals surface area contributed by atoms with Gasteiger partial charge in [0, 0.05) is 22.2 Å². The Hall–Kier alpha value is -3.20. The molecule has 0 unspecified atom stereocenters. The average molecular weight is 339 g/mol. The second-order valence-electron chi connectivity index (χ2n) is 6.89. The van der Waals surface area contributed by atoms with Crippen LogP contribution in [0.2, 0.25) is 0 Å². The fourth-order valence-electron chi connectivity index (χ4n) is 3.82. The highest BCUT2D eigenvalue weighted by atomic mass is 16.3. The van der Waals surface area contributed by atoms with E-state index in [1.807, 2.05) is 30.1 Å². The molecule has 0 radical (unpaired) electrons. The maximum atomic E-state index is 6.49. The summed E-state index contributed by atoms with van der Waals surface area (Å²) in [4.78, 5) is 4.64. The Labute approximate surface area is 151 Å².